The van der Waals surface area contributed by atoms with E-state index in [0.29, 0.717) is 0 Å². The first-order valence-corrected chi connectivity index (χ1v) is 22.3. The number of ether oxygens (including phenoxy) is 1. The average Bonchev–Trinajstić information content (AvgIpc) is 3.90. The summed E-state index contributed by atoms with van der Waals surface area (Å²) in [5, 5.41) is 2.19. The third kappa shape index (κ3) is 5.02. The largest absolute Gasteiger partial charge is 0.454 e. The second-order valence-corrected chi connectivity index (χ2v) is 17.1. The first kappa shape index (κ1) is 35.9. The highest BCUT2D eigenvalue weighted by atomic mass is 16.5. The Bertz CT molecular complexity index is 3670. The highest BCUT2D eigenvalue weighted by Gasteiger charge is 2.53. The fourth-order valence-electron chi connectivity index (χ4n) is 11.2. The fourth-order valence-corrected chi connectivity index (χ4v) is 11.2. The normalized spacial score (nSPS) is 13.4. The van der Waals surface area contributed by atoms with Gasteiger partial charge in [0, 0.05) is 22.0 Å². The Labute approximate surface area is 376 Å². The van der Waals surface area contributed by atoms with Gasteiger partial charge in [-0.2, -0.15) is 0 Å². The summed E-state index contributed by atoms with van der Waals surface area (Å²) < 4.78 is 13.7. The molecule has 3 aliphatic rings. The molecule has 4 nitrogen and oxygen atoms in total. The van der Waals surface area contributed by atoms with Crippen LogP contribution in [-0.2, 0) is 5.41 Å². The van der Waals surface area contributed by atoms with Crippen molar-refractivity contribution in [2.75, 3.05) is 9.80 Å². The zero-order chi connectivity index (χ0) is 42.6. The smallest absolute Gasteiger partial charge is 0.159 e. The maximum absolute atomic E-state index is 7.02. The third-order valence-electron chi connectivity index (χ3n) is 13.9. The van der Waals surface area contributed by atoms with E-state index < -0.39 is 5.41 Å². The quantitative estimate of drug-likeness (QED) is 0.173. The van der Waals surface area contributed by atoms with E-state index in [0.717, 1.165) is 89.8 Å². The summed E-state index contributed by atoms with van der Waals surface area (Å²) in [6.07, 6.45) is 0. The summed E-state index contributed by atoms with van der Waals surface area (Å²) in [5.74, 6) is 1.68. The van der Waals surface area contributed by atoms with Crippen LogP contribution in [0.4, 0.5) is 34.1 Å². The molecule has 2 aliphatic heterocycles. The fraction of sp³-hybridized carbons (Fsp3) is 0.0164. The molecular formula is C61H38N2O2. The van der Waals surface area contributed by atoms with Crippen LogP contribution in [0.3, 0.4) is 0 Å². The second kappa shape index (κ2) is 13.7. The Balaban J connectivity index is 0.894. The van der Waals surface area contributed by atoms with Crippen molar-refractivity contribution in [3.63, 3.8) is 0 Å². The van der Waals surface area contributed by atoms with Crippen molar-refractivity contribution in [2.45, 2.75) is 5.41 Å². The van der Waals surface area contributed by atoms with E-state index in [4.69, 9.17) is 9.15 Å². The number of anilines is 6. The maximum atomic E-state index is 7.02. The van der Waals surface area contributed by atoms with E-state index >= 15 is 0 Å². The Kier molecular flexibility index (Phi) is 7.57. The minimum atomic E-state index is -0.487. The number of hydrogen-bond acceptors (Lipinski definition) is 4. The summed E-state index contributed by atoms with van der Waals surface area (Å²) in [5.41, 5.74) is 19.7. The molecule has 0 radical (unpaired) electrons. The Hall–Kier alpha value is -8.60. The van der Waals surface area contributed by atoms with Crippen molar-refractivity contribution in [3.8, 4) is 44.9 Å². The molecule has 304 valence electrons. The van der Waals surface area contributed by atoms with Gasteiger partial charge >= 0.3 is 0 Å². The number of rotatable bonds is 5. The number of benzene rings is 10. The molecule has 0 atom stereocenters. The Morgan fingerprint density at radius 2 is 1.00 bits per heavy atom. The number of nitrogens with zero attached hydrogens (tertiary/aromatic N) is 2. The van der Waals surface area contributed by atoms with E-state index in [1.807, 2.05) is 12.1 Å². The van der Waals surface area contributed by atoms with Crippen LogP contribution in [0.2, 0.25) is 0 Å². The van der Waals surface area contributed by atoms with Gasteiger partial charge in [-0.05, 0) is 105 Å². The number of furan rings is 1. The maximum Gasteiger partial charge on any atom is 0.159 e. The molecule has 0 unspecified atom stereocenters. The van der Waals surface area contributed by atoms with Gasteiger partial charge < -0.3 is 19.0 Å². The highest BCUT2D eigenvalue weighted by Crippen LogP contribution is 2.67. The van der Waals surface area contributed by atoms with Gasteiger partial charge in [0.1, 0.15) is 5.58 Å². The van der Waals surface area contributed by atoms with Crippen molar-refractivity contribution in [3.05, 3.63) is 253 Å². The van der Waals surface area contributed by atoms with Crippen molar-refractivity contribution in [1.82, 2.24) is 0 Å². The molecule has 1 spiro atoms. The summed E-state index contributed by atoms with van der Waals surface area (Å²) in [6.45, 7) is 0. The molecular weight excluding hydrogens is 793 g/mol. The Morgan fingerprint density at radius 1 is 0.385 bits per heavy atom. The first-order valence-electron chi connectivity index (χ1n) is 22.3. The van der Waals surface area contributed by atoms with Gasteiger partial charge in [-0.3, -0.25) is 0 Å². The molecule has 3 heterocycles. The van der Waals surface area contributed by atoms with Gasteiger partial charge in [-0.1, -0.05) is 176 Å². The predicted octanol–water partition coefficient (Wildman–Crippen LogP) is 16.6. The van der Waals surface area contributed by atoms with Gasteiger partial charge in [0.15, 0.2) is 17.1 Å². The summed E-state index contributed by atoms with van der Waals surface area (Å²) >= 11 is 0. The van der Waals surface area contributed by atoms with Gasteiger partial charge in [-0.25, -0.2) is 0 Å². The molecule has 0 N–H and O–H groups in total. The van der Waals surface area contributed by atoms with Crippen LogP contribution in [-0.4, -0.2) is 0 Å². The SMILES string of the molecule is c1ccc(-c2ccccc2N(c2ccc(-c3ccc4c(c3)Oc3cccc5c3N4c3ccccc3C53c4ccccc4-c4ccccc43)cc2)c2cccc3c2oc2ccccc23)cc1. The topological polar surface area (TPSA) is 28.9 Å². The molecule has 4 heteroatoms. The minimum Gasteiger partial charge on any atom is -0.454 e. The predicted molar refractivity (Wildman–Crippen MR) is 265 cm³/mol. The lowest BCUT2D eigenvalue weighted by atomic mass is 9.64. The zero-order valence-corrected chi connectivity index (χ0v) is 35.2. The first-order chi connectivity index (χ1) is 32.3. The molecule has 1 aromatic heterocycles. The van der Waals surface area contributed by atoms with E-state index in [2.05, 4.69) is 228 Å². The molecule has 10 aromatic carbocycles. The van der Waals surface area contributed by atoms with Crippen molar-refractivity contribution < 1.29 is 9.15 Å². The number of hydrogen-bond donors (Lipinski definition) is 0. The average molecular weight is 831 g/mol. The van der Waals surface area contributed by atoms with Gasteiger partial charge in [0.2, 0.25) is 0 Å². The lowest BCUT2D eigenvalue weighted by Crippen LogP contribution is -2.37. The van der Waals surface area contributed by atoms with E-state index in [1.54, 1.807) is 0 Å². The lowest BCUT2D eigenvalue weighted by Gasteiger charge is -2.47. The standard InChI is InChI=1S/C61H38N2O2/c1-2-16-40(17-3-1)43-18-6-11-27-52(43)62(55-29-14-22-47-46-21-7-13-30-56(46)65-60(47)55)42-35-32-39(33-36-42)41-34-37-54-58(38-41)64-57-31-15-26-51-59(57)63(54)53-28-12-10-25-50(53)61(51)48-23-8-4-19-44(48)45-20-5-9-24-49(45)61/h1-38H. The van der Waals surface area contributed by atoms with E-state index in [1.165, 1.54) is 33.4 Å². The Morgan fingerprint density at radius 3 is 1.82 bits per heavy atom. The molecule has 0 saturated heterocycles. The van der Waals surface area contributed by atoms with E-state index in [9.17, 15) is 0 Å². The third-order valence-corrected chi connectivity index (χ3v) is 13.9. The van der Waals surface area contributed by atoms with Crippen LogP contribution in [0.1, 0.15) is 22.3 Å². The second-order valence-electron chi connectivity index (χ2n) is 17.1. The van der Waals surface area contributed by atoms with E-state index in [-0.39, 0.29) is 0 Å². The van der Waals surface area contributed by atoms with Crippen molar-refractivity contribution in [2.24, 2.45) is 0 Å². The number of fused-ring (bicyclic) bond motifs is 14. The summed E-state index contributed by atoms with van der Waals surface area (Å²) in [6, 6.07) is 82.9. The van der Waals surface area contributed by atoms with Gasteiger partial charge in [0.25, 0.3) is 0 Å². The monoisotopic (exact) mass is 830 g/mol. The summed E-state index contributed by atoms with van der Waals surface area (Å²) in [4.78, 5) is 4.77. The van der Waals surface area contributed by atoms with Crippen LogP contribution in [0.15, 0.2) is 235 Å². The van der Waals surface area contributed by atoms with Crippen LogP contribution < -0.4 is 14.5 Å². The molecule has 14 rings (SSSR count). The van der Waals surface area contributed by atoms with Crippen LogP contribution in [0.25, 0.3) is 55.3 Å². The van der Waals surface area contributed by atoms with Crippen LogP contribution in [0, 0.1) is 0 Å². The van der Waals surface area contributed by atoms with Crippen molar-refractivity contribution in [1.29, 1.82) is 0 Å². The lowest BCUT2D eigenvalue weighted by molar-refractivity contribution is 0.474. The van der Waals surface area contributed by atoms with Crippen LogP contribution >= 0.6 is 0 Å². The highest BCUT2D eigenvalue weighted by molar-refractivity contribution is 6.11. The zero-order valence-electron chi connectivity index (χ0n) is 35.2. The molecule has 65 heavy (non-hydrogen) atoms. The molecule has 11 aromatic rings. The minimum absolute atomic E-state index is 0.487. The number of para-hydroxylation sites is 5. The molecule has 0 bridgehead atoms. The molecule has 0 amide bonds. The van der Waals surface area contributed by atoms with Crippen LogP contribution in [0.5, 0.6) is 11.5 Å². The van der Waals surface area contributed by atoms with Crippen molar-refractivity contribution >= 4 is 56.1 Å². The molecule has 0 fully saturated rings. The van der Waals surface area contributed by atoms with Gasteiger partial charge in [0.05, 0.1) is 33.9 Å². The molecule has 0 saturated carbocycles. The summed E-state index contributed by atoms with van der Waals surface area (Å²) in [7, 11) is 0. The molecule has 1 aliphatic carbocycles. The van der Waals surface area contributed by atoms with Gasteiger partial charge in [-0.15, -0.1) is 0 Å².